The first-order chi connectivity index (χ1) is 10.7. The van der Waals surface area contributed by atoms with Gasteiger partial charge in [-0.15, -0.1) is 0 Å². The molecule has 0 fully saturated rings. The average Bonchev–Trinajstić information content (AvgIpc) is 2.50. The summed E-state index contributed by atoms with van der Waals surface area (Å²) in [5, 5.41) is 0. The number of anilines is 1. The second kappa shape index (κ2) is 6.36. The van der Waals surface area contributed by atoms with E-state index in [1.165, 1.54) is 6.07 Å². The van der Waals surface area contributed by atoms with Gasteiger partial charge in [-0.05, 0) is 43.3 Å². The second-order valence-corrected chi connectivity index (χ2v) is 4.72. The molecule has 0 N–H and O–H groups in total. The highest BCUT2D eigenvalue weighted by Crippen LogP contribution is 2.29. The van der Waals surface area contributed by atoms with Crippen LogP contribution in [-0.4, -0.2) is 12.5 Å². The number of amides is 1. The molecule has 7 heteroatoms. The average molecular weight is 329 g/mol. The summed E-state index contributed by atoms with van der Waals surface area (Å²) in [7, 11) is 0. The molecule has 0 aliphatic rings. The SMILES string of the molecule is CCN(C(=O)c1ccc(C(F)(F)F)cc1)c1ccc(F)c(F)c1. The monoisotopic (exact) mass is 329 g/mol. The maximum atomic E-state index is 13.3. The highest BCUT2D eigenvalue weighted by atomic mass is 19.4. The number of hydrogen-bond acceptors (Lipinski definition) is 1. The summed E-state index contributed by atoms with van der Waals surface area (Å²) in [6, 6.07) is 6.66. The van der Waals surface area contributed by atoms with Crippen LogP contribution in [0.25, 0.3) is 0 Å². The van der Waals surface area contributed by atoms with Crippen LogP contribution in [0.15, 0.2) is 42.5 Å². The lowest BCUT2D eigenvalue weighted by atomic mass is 10.1. The molecule has 2 nitrogen and oxygen atoms in total. The second-order valence-electron chi connectivity index (χ2n) is 4.72. The van der Waals surface area contributed by atoms with Crippen LogP contribution >= 0.6 is 0 Å². The lowest BCUT2D eigenvalue weighted by Gasteiger charge is -2.21. The fourth-order valence-electron chi connectivity index (χ4n) is 2.05. The van der Waals surface area contributed by atoms with Crippen molar-refractivity contribution in [3.8, 4) is 0 Å². The van der Waals surface area contributed by atoms with Gasteiger partial charge in [0.2, 0.25) is 0 Å². The molecule has 2 aromatic carbocycles. The Balaban J connectivity index is 2.31. The molecule has 2 rings (SSSR count). The minimum atomic E-state index is -4.49. The van der Waals surface area contributed by atoms with Gasteiger partial charge in [-0.3, -0.25) is 4.79 Å². The summed E-state index contributed by atoms with van der Waals surface area (Å²) in [6.07, 6.45) is -4.49. The van der Waals surface area contributed by atoms with Crippen molar-refractivity contribution in [3.63, 3.8) is 0 Å². The zero-order valence-electron chi connectivity index (χ0n) is 12.0. The van der Waals surface area contributed by atoms with Crippen LogP contribution in [0.5, 0.6) is 0 Å². The van der Waals surface area contributed by atoms with Crippen LogP contribution in [0.3, 0.4) is 0 Å². The van der Waals surface area contributed by atoms with Gasteiger partial charge in [0.05, 0.1) is 5.56 Å². The molecule has 0 unspecified atom stereocenters. The summed E-state index contributed by atoms with van der Waals surface area (Å²) in [6.45, 7) is 1.76. The lowest BCUT2D eigenvalue weighted by molar-refractivity contribution is -0.137. The Bertz CT molecular complexity index is 709. The molecule has 0 saturated carbocycles. The number of benzene rings is 2. The van der Waals surface area contributed by atoms with E-state index in [0.717, 1.165) is 41.3 Å². The molecular formula is C16H12F5NO. The van der Waals surface area contributed by atoms with Crippen LogP contribution in [0, 0.1) is 11.6 Å². The number of hydrogen-bond donors (Lipinski definition) is 0. The van der Waals surface area contributed by atoms with E-state index in [2.05, 4.69) is 0 Å². The number of carbonyl (C=O) groups excluding carboxylic acids is 1. The van der Waals surface area contributed by atoms with Crippen LogP contribution in [-0.2, 0) is 6.18 Å². The minimum Gasteiger partial charge on any atom is -0.309 e. The van der Waals surface area contributed by atoms with Crippen molar-refractivity contribution in [2.45, 2.75) is 13.1 Å². The summed E-state index contributed by atoms with van der Waals surface area (Å²) >= 11 is 0. The zero-order chi connectivity index (χ0) is 17.2. The molecule has 1 amide bonds. The van der Waals surface area contributed by atoms with Crippen molar-refractivity contribution in [2.24, 2.45) is 0 Å². The van der Waals surface area contributed by atoms with Gasteiger partial charge < -0.3 is 4.90 Å². The van der Waals surface area contributed by atoms with E-state index in [1.54, 1.807) is 6.92 Å². The van der Waals surface area contributed by atoms with Gasteiger partial charge in [0.1, 0.15) is 0 Å². The fourth-order valence-corrected chi connectivity index (χ4v) is 2.05. The summed E-state index contributed by atoms with van der Waals surface area (Å²) < 4.78 is 63.8. The molecule has 2 aromatic rings. The van der Waals surface area contributed by atoms with E-state index < -0.39 is 29.3 Å². The van der Waals surface area contributed by atoms with Gasteiger partial charge in [-0.1, -0.05) is 0 Å². The van der Waals surface area contributed by atoms with Gasteiger partial charge in [-0.2, -0.15) is 13.2 Å². The third-order valence-electron chi connectivity index (χ3n) is 3.24. The standard InChI is InChI=1S/C16H12F5NO/c1-2-22(12-7-8-13(17)14(18)9-12)15(23)10-3-5-11(6-4-10)16(19,20)21/h3-9H,2H2,1H3. The van der Waals surface area contributed by atoms with Crippen molar-refractivity contribution in [3.05, 3.63) is 65.2 Å². The van der Waals surface area contributed by atoms with Gasteiger partial charge in [0, 0.05) is 23.9 Å². The normalized spacial score (nSPS) is 11.4. The predicted octanol–water partition coefficient (Wildman–Crippen LogP) is 4.65. The smallest absolute Gasteiger partial charge is 0.309 e. The van der Waals surface area contributed by atoms with Crippen LogP contribution < -0.4 is 4.90 Å². The molecule has 0 atom stereocenters. The summed E-state index contributed by atoms with van der Waals surface area (Å²) in [4.78, 5) is 13.5. The Morgan fingerprint density at radius 1 is 1.00 bits per heavy atom. The molecule has 0 aliphatic heterocycles. The van der Waals surface area contributed by atoms with E-state index in [1.807, 2.05) is 0 Å². The van der Waals surface area contributed by atoms with Crippen molar-refractivity contribution in [2.75, 3.05) is 11.4 Å². The Morgan fingerprint density at radius 3 is 2.09 bits per heavy atom. The first kappa shape index (κ1) is 16.9. The van der Waals surface area contributed by atoms with Crippen LogP contribution in [0.1, 0.15) is 22.8 Å². The quantitative estimate of drug-likeness (QED) is 0.751. The van der Waals surface area contributed by atoms with E-state index in [0.29, 0.717) is 0 Å². The lowest BCUT2D eigenvalue weighted by Crippen LogP contribution is -2.30. The molecule has 0 bridgehead atoms. The van der Waals surface area contributed by atoms with E-state index in [9.17, 15) is 26.7 Å². The molecule has 122 valence electrons. The zero-order valence-corrected chi connectivity index (χ0v) is 12.0. The molecule has 0 saturated heterocycles. The Labute approximate surface area is 129 Å². The van der Waals surface area contributed by atoms with Crippen molar-refractivity contribution >= 4 is 11.6 Å². The Morgan fingerprint density at radius 2 is 1.61 bits per heavy atom. The highest BCUT2D eigenvalue weighted by Gasteiger charge is 2.30. The third-order valence-corrected chi connectivity index (χ3v) is 3.24. The number of carbonyl (C=O) groups is 1. The highest BCUT2D eigenvalue weighted by molar-refractivity contribution is 6.06. The van der Waals surface area contributed by atoms with Gasteiger partial charge >= 0.3 is 6.18 Å². The van der Waals surface area contributed by atoms with Gasteiger partial charge in [-0.25, -0.2) is 8.78 Å². The van der Waals surface area contributed by atoms with Crippen molar-refractivity contribution in [1.82, 2.24) is 0 Å². The number of nitrogens with zero attached hydrogens (tertiary/aromatic N) is 1. The molecule has 0 spiro atoms. The van der Waals surface area contributed by atoms with Crippen LogP contribution in [0.4, 0.5) is 27.6 Å². The van der Waals surface area contributed by atoms with E-state index in [-0.39, 0.29) is 17.8 Å². The fraction of sp³-hybridized carbons (Fsp3) is 0.188. The van der Waals surface area contributed by atoms with Crippen molar-refractivity contribution in [1.29, 1.82) is 0 Å². The maximum Gasteiger partial charge on any atom is 0.416 e. The van der Waals surface area contributed by atoms with Gasteiger partial charge in [0.15, 0.2) is 11.6 Å². The summed E-state index contributed by atoms with van der Waals surface area (Å²) in [5.41, 5.74) is -0.731. The maximum absolute atomic E-state index is 13.3. The molecule has 0 aliphatic carbocycles. The predicted molar refractivity (Wildman–Crippen MR) is 75.2 cm³/mol. The number of rotatable bonds is 3. The molecular weight excluding hydrogens is 317 g/mol. The number of halogens is 5. The Hall–Kier alpha value is -2.44. The third kappa shape index (κ3) is 3.67. The molecule has 0 radical (unpaired) electrons. The van der Waals surface area contributed by atoms with Crippen molar-refractivity contribution < 1.29 is 26.7 Å². The van der Waals surface area contributed by atoms with E-state index >= 15 is 0 Å². The molecule has 0 aromatic heterocycles. The molecule has 0 heterocycles. The topological polar surface area (TPSA) is 20.3 Å². The molecule has 23 heavy (non-hydrogen) atoms. The first-order valence-electron chi connectivity index (χ1n) is 6.68. The van der Waals surface area contributed by atoms with E-state index in [4.69, 9.17) is 0 Å². The van der Waals surface area contributed by atoms with Gasteiger partial charge in [0.25, 0.3) is 5.91 Å². The first-order valence-corrected chi connectivity index (χ1v) is 6.68. The summed E-state index contributed by atoms with van der Waals surface area (Å²) in [5.74, 6) is -2.76. The van der Waals surface area contributed by atoms with Crippen LogP contribution in [0.2, 0.25) is 0 Å². The Kier molecular flexibility index (Phi) is 4.68. The minimum absolute atomic E-state index is 0.0181. The largest absolute Gasteiger partial charge is 0.416 e. The number of alkyl halides is 3.